The molecule has 194 valence electrons. The Morgan fingerprint density at radius 2 is 0.951 bits per heavy atom. The third-order valence-electron chi connectivity index (χ3n) is 7.36. The molecule has 5 aromatic heterocycles. The van der Waals surface area contributed by atoms with E-state index in [1.54, 1.807) is 24.8 Å². The fourth-order valence-corrected chi connectivity index (χ4v) is 5.41. The number of fused-ring (bicyclic) bond motifs is 3. The zero-order valence-corrected chi connectivity index (χ0v) is 21.7. The van der Waals surface area contributed by atoms with Gasteiger partial charge in [-0.1, -0.05) is 42.5 Å². The minimum atomic E-state index is 0.688. The predicted octanol–water partition coefficient (Wildman–Crippen LogP) is 8.22. The van der Waals surface area contributed by atoms with Crippen LogP contribution in [0.2, 0.25) is 0 Å². The van der Waals surface area contributed by atoms with E-state index in [0.717, 1.165) is 50.1 Å². The molecule has 0 amide bonds. The number of pyridine rings is 2. The second-order valence-electron chi connectivity index (χ2n) is 9.79. The maximum Gasteiger partial charge on any atom is 0.181 e. The van der Waals surface area contributed by atoms with E-state index in [-0.39, 0.29) is 0 Å². The summed E-state index contributed by atoms with van der Waals surface area (Å²) in [4.78, 5) is 17.1. The molecule has 41 heavy (non-hydrogen) atoms. The van der Waals surface area contributed by atoms with Gasteiger partial charge in [-0.2, -0.15) is 0 Å². The molecule has 0 saturated heterocycles. The van der Waals surface area contributed by atoms with Gasteiger partial charge in [-0.15, -0.1) is 0 Å². The van der Waals surface area contributed by atoms with Crippen molar-refractivity contribution in [2.45, 2.75) is 0 Å². The molecule has 7 heteroatoms. The van der Waals surface area contributed by atoms with Gasteiger partial charge in [0, 0.05) is 63.5 Å². The number of aromatic nitrogens is 5. The summed E-state index contributed by atoms with van der Waals surface area (Å²) in [5, 5.41) is 2.35. The molecule has 0 aliphatic carbocycles. The number of oxazole rings is 2. The van der Waals surface area contributed by atoms with Crippen LogP contribution in [0.1, 0.15) is 0 Å². The van der Waals surface area contributed by atoms with Gasteiger partial charge in [-0.3, -0.25) is 9.97 Å². The van der Waals surface area contributed by atoms with Crippen LogP contribution in [0.5, 0.6) is 0 Å². The van der Waals surface area contributed by atoms with Crippen molar-refractivity contribution in [3.63, 3.8) is 0 Å². The van der Waals surface area contributed by atoms with Crippen LogP contribution in [0.4, 0.5) is 0 Å². The maximum absolute atomic E-state index is 5.51. The van der Waals surface area contributed by atoms with E-state index in [1.165, 1.54) is 23.6 Å². The molecule has 8 rings (SSSR count). The molecule has 7 nitrogen and oxygen atoms in total. The Morgan fingerprint density at radius 1 is 0.439 bits per heavy atom. The van der Waals surface area contributed by atoms with Gasteiger partial charge >= 0.3 is 0 Å². The highest BCUT2D eigenvalue weighted by molar-refractivity contribution is 6.11. The zero-order chi connectivity index (χ0) is 27.2. The van der Waals surface area contributed by atoms with Gasteiger partial charge in [0.05, 0.1) is 23.4 Å². The summed E-state index contributed by atoms with van der Waals surface area (Å²) in [6, 6.07) is 27.7. The Balaban J connectivity index is 1.32. The zero-order valence-electron chi connectivity index (χ0n) is 21.7. The van der Waals surface area contributed by atoms with Gasteiger partial charge in [0.1, 0.15) is 0 Å². The van der Waals surface area contributed by atoms with Crippen LogP contribution in [0.25, 0.3) is 72.4 Å². The van der Waals surface area contributed by atoms with Crippen LogP contribution >= 0.6 is 0 Å². The van der Waals surface area contributed by atoms with Crippen molar-refractivity contribution in [1.82, 2.24) is 24.5 Å². The number of hydrogen-bond donors (Lipinski definition) is 0. The minimum absolute atomic E-state index is 0.688. The summed E-state index contributed by atoms with van der Waals surface area (Å²) in [6.07, 6.45) is 13.6. The van der Waals surface area contributed by atoms with E-state index >= 15 is 0 Å². The lowest BCUT2D eigenvalue weighted by molar-refractivity contribution is 0.571. The van der Waals surface area contributed by atoms with Crippen LogP contribution < -0.4 is 0 Å². The van der Waals surface area contributed by atoms with E-state index < -0.39 is 0 Å². The first-order chi connectivity index (χ1) is 20.3. The highest BCUT2D eigenvalue weighted by atomic mass is 16.3. The standard InChI is InChI=1S/C34H21N5O2/c1-2-4-28(5-3-1)39-31-12-22(24-10-26(16-35-14-24)33-18-37-20-40-33)6-8-29(31)30-9-7-23(13-32(30)39)25-11-27(17-36-15-25)34-19-38-21-41-34/h1-21H. The SMILES string of the molecule is c1ccc(-n2c3cc(-c4cncc(-c5cnco5)c4)ccc3c3ccc(-c4cncc(-c5cnco5)c4)cc32)cc1. The van der Waals surface area contributed by atoms with Crippen molar-refractivity contribution < 1.29 is 8.83 Å². The summed E-state index contributed by atoms with van der Waals surface area (Å²) >= 11 is 0. The molecule has 0 aliphatic rings. The van der Waals surface area contributed by atoms with Crippen LogP contribution in [-0.4, -0.2) is 24.5 Å². The highest BCUT2D eigenvalue weighted by Crippen LogP contribution is 2.37. The summed E-state index contributed by atoms with van der Waals surface area (Å²) in [5.41, 5.74) is 9.21. The van der Waals surface area contributed by atoms with Crippen molar-refractivity contribution in [3.05, 3.63) is 129 Å². The molecular weight excluding hydrogens is 510 g/mol. The van der Waals surface area contributed by atoms with Gasteiger partial charge in [0.25, 0.3) is 0 Å². The number of rotatable bonds is 5. The van der Waals surface area contributed by atoms with Gasteiger partial charge in [-0.05, 0) is 47.5 Å². The number of nitrogens with zero attached hydrogens (tertiary/aromatic N) is 5. The average molecular weight is 532 g/mol. The van der Waals surface area contributed by atoms with E-state index in [4.69, 9.17) is 8.83 Å². The first-order valence-electron chi connectivity index (χ1n) is 13.1. The fourth-order valence-electron chi connectivity index (χ4n) is 5.41. The first kappa shape index (κ1) is 23.1. The third-order valence-corrected chi connectivity index (χ3v) is 7.36. The molecule has 5 heterocycles. The second kappa shape index (κ2) is 9.43. The Bertz CT molecular complexity index is 2010. The Kier molecular flexibility index (Phi) is 5.31. The second-order valence-corrected chi connectivity index (χ2v) is 9.79. The Hall–Kier alpha value is -5.82. The number of hydrogen-bond acceptors (Lipinski definition) is 6. The molecule has 0 unspecified atom stereocenters. The smallest absolute Gasteiger partial charge is 0.181 e. The van der Waals surface area contributed by atoms with Crippen molar-refractivity contribution >= 4 is 21.8 Å². The lowest BCUT2D eigenvalue weighted by Crippen LogP contribution is -1.94. The maximum atomic E-state index is 5.51. The lowest BCUT2D eigenvalue weighted by Gasteiger charge is -2.10. The van der Waals surface area contributed by atoms with Gasteiger partial charge in [0.2, 0.25) is 0 Å². The normalized spacial score (nSPS) is 11.4. The van der Waals surface area contributed by atoms with Crippen LogP contribution in [0, 0.1) is 0 Å². The van der Waals surface area contributed by atoms with Crippen LogP contribution in [0.15, 0.2) is 138 Å². The summed E-state index contributed by atoms with van der Waals surface area (Å²) < 4.78 is 13.3. The topological polar surface area (TPSA) is 82.8 Å². The van der Waals surface area contributed by atoms with E-state index in [9.17, 15) is 0 Å². The molecule has 8 aromatic rings. The lowest BCUT2D eigenvalue weighted by atomic mass is 10.0. The Labute approximate surface area is 234 Å². The fraction of sp³-hybridized carbons (Fsp3) is 0. The quantitative estimate of drug-likeness (QED) is 0.223. The Morgan fingerprint density at radius 3 is 1.44 bits per heavy atom. The first-order valence-corrected chi connectivity index (χ1v) is 13.1. The number of para-hydroxylation sites is 1. The molecule has 3 aromatic carbocycles. The van der Waals surface area contributed by atoms with Crippen molar-refractivity contribution in [2.24, 2.45) is 0 Å². The monoisotopic (exact) mass is 531 g/mol. The molecule has 0 saturated carbocycles. The van der Waals surface area contributed by atoms with Gasteiger partial charge in [-0.25, -0.2) is 9.97 Å². The van der Waals surface area contributed by atoms with Crippen LogP contribution in [-0.2, 0) is 0 Å². The summed E-state index contributed by atoms with van der Waals surface area (Å²) in [5.74, 6) is 1.38. The van der Waals surface area contributed by atoms with E-state index in [2.05, 4.69) is 97.3 Å². The molecule has 0 atom stereocenters. The molecule has 0 fully saturated rings. The van der Waals surface area contributed by atoms with Crippen LogP contribution in [0.3, 0.4) is 0 Å². The average Bonchev–Trinajstić information content (AvgIpc) is 3.82. The predicted molar refractivity (Wildman–Crippen MR) is 158 cm³/mol. The summed E-state index contributed by atoms with van der Waals surface area (Å²) in [6.45, 7) is 0. The van der Waals surface area contributed by atoms with Crippen molar-refractivity contribution in [3.8, 4) is 50.6 Å². The van der Waals surface area contributed by atoms with Crippen molar-refractivity contribution in [2.75, 3.05) is 0 Å². The summed E-state index contributed by atoms with van der Waals surface area (Å²) in [7, 11) is 0. The number of benzene rings is 3. The largest absolute Gasteiger partial charge is 0.443 e. The van der Waals surface area contributed by atoms with Gasteiger partial charge < -0.3 is 13.4 Å². The molecule has 0 spiro atoms. The molecule has 0 bridgehead atoms. The minimum Gasteiger partial charge on any atom is -0.443 e. The van der Waals surface area contributed by atoms with Crippen molar-refractivity contribution in [1.29, 1.82) is 0 Å². The van der Waals surface area contributed by atoms with E-state index in [1.807, 2.05) is 18.5 Å². The highest BCUT2D eigenvalue weighted by Gasteiger charge is 2.16. The molecule has 0 radical (unpaired) electrons. The van der Waals surface area contributed by atoms with E-state index in [0.29, 0.717) is 11.5 Å². The third kappa shape index (κ3) is 3.99. The molecule has 0 N–H and O–H groups in total. The molecule has 0 aliphatic heterocycles. The molecular formula is C34H21N5O2. The van der Waals surface area contributed by atoms with Gasteiger partial charge in [0.15, 0.2) is 24.3 Å².